The normalized spacial score (nSPS) is 22.2. The van der Waals surface area contributed by atoms with Crippen molar-refractivity contribution in [3.8, 4) is 0 Å². The molecule has 2 aromatic carbocycles. The van der Waals surface area contributed by atoms with Gasteiger partial charge in [-0.15, -0.1) is 11.6 Å². The first-order chi connectivity index (χ1) is 18.2. The van der Waals surface area contributed by atoms with Gasteiger partial charge in [0.15, 0.2) is 12.6 Å². The minimum absolute atomic E-state index is 0. The summed E-state index contributed by atoms with van der Waals surface area (Å²) in [4.78, 5) is 0. The SMILES string of the molecule is C=COCCCl.C=COCCOC1COC(c2ccccc2)OC1.OC1COC(c2ccccc2)OC1.[H-].[Na+]. The second-order valence-corrected chi connectivity index (χ2v) is 8.11. The van der Waals surface area contributed by atoms with Gasteiger partial charge in [-0.05, 0) is 0 Å². The van der Waals surface area contributed by atoms with Crippen LogP contribution in [-0.2, 0) is 33.2 Å². The summed E-state index contributed by atoms with van der Waals surface area (Å²) in [6.45, 7) is 10.1. The van der Waals surface area contributed by atoms with Gasteiger partial charge in [0.05, 0.1) is 51.4 Å². The molecule has 10 heteroatoms. The van der Waals surface area contributed by atoms with E-state index in [1.54, 1.807) is 0 Å². The number of halogens is 1. The summed E-state index contributed by atoms with van der Waals surface area (Å²) in [5, 5.41) is 9.12. The van der Waals surface area contributed by atoms with Crippen LogP contribution in [0.5, 0.6) is 0 Å². The number of benzene rings is 2. The van der Waals surface area contributed by atoms with E-state index in [2.05, 4.69) is 17.9 Å². The number of aliphatic hydroxyl groups is 1. The Kier molecular flexibility index (Phi) is 20.4. The largest absolute Gasteiger partial charge is 1.00 e. The third kappa shape index (κ3) is 14.6. The summed E-state index contributed by atoms with van der Waals surface area (Å²) in [6.07, 6.45) is 1.67. The third-order valence-corrected chi connectivity index (χ3v) is 5.03. The number of rotatable bonds is 10. The maximum Gasteiger partial charge on any atom is 1.00 e. The first-order valence-electron chi connectivity index (χ1n) is 12.0. The standard InChI is InChI=1S/C14H18O4.C10H12O3.C4H7ClO.Na.H/c1-2-15-8-9-16-13-10-17-14(18-11-13)12-6-4-3-5-7-12;11-9-6-12-10(13-7-9)8-4-2-1-3-5-8;1-2-6-4-3-5;;/h2-7,13-14H,1,8-11H2;1-5,9-11H,6-7H2;2H,1,3-4H2;;/q;;;+1;-1. The molecule has 1 N–H and O–H groups in total. The number of aliphatic hydroxyl groups excluding tert-OH is 1. The predicted molar refractivity (Wildman–Crippen MR) is 142 cm³/mol. The zero-order valence-corrected chi connectivity index (χ0v) is 24.7. The van der Waals surface area contributed by atoms with E-state index in [1.807, 2.05) is 60.7 Å². The van der Waals surface area contributed by atoms with Gasteiger partial charge in [0.2, 0.25) is 0 Å². The topological polar surface area (TPSA) is 84.8 Å². The first-order valence-corrected chi connectivity index (χ1v) is 12.6. The van der Waals surface area contributed by atoms with Crippen molar-refractivity contribution in [2.45, 2.75) is 24.8 Å². The Labute approximate surface area is 254 Å². The maximum absolute atomic E-state index is 9.12. The molecule has 4 rings (SSSR count). The summed E-state index contributed by atoms with van der Waals surface area (Å²) < 4.78 is 37.0. The second kappa shape index (κ2) is 22.4. The van der Waals surface area contributed by atoms with Crippen molar-refractivity contribution in [1.29, 1.82) is 0 Å². The summed E-state index contributed by atoms with van der Waals surface area (Å²) in [6, 6.07) is 19.6. The van der Waals surface area contributed by atoms with Gasteiger partial charge in [-0.1, -0.05) is 73.8 Å². The fourth-order valence-electron chi connectivity index (χ4n) is 3.15. The van der Waals surface area contributed by atoms with E-state index < -0.39 is 6.10 Å². The van der Waals surface area contributed by atoms with Crippen molar-refractivity contribution in [3.63, 3.8) is 0 Å². The zero-order valence-electron chi connectivity index (χ0n) is 23.0. The molecule has 2 aliphatic heterocycles. The van der Waals surface area contributed by atoms with E-state index >= 15 is 0 Å². The summed E-state index contributed by atoms with van der Waals surface area (Å²) in [5.74, 6) is 0.534. The van der Waals surface area contributed by atoms with Crippen LogP contribution in [0.1, 0.15) is 25.1 Å². The quantitative estimate of drug-likeness (QED) is 0.204. The van der Waals surface area contributed by atoms with Crippen molar-refractivity contribution >= 4 is 11.6 Å². The van der Waals surface area contributed by atoms with Crippen LogP contribution in [-0.4, -0.2) is 69.4 Å². The van der Waals surface area contributed by atoms with Gasteiger partial charge in [0.1, 0.15) is 25.4 Å². The van der Waals surface area contributed by atoms with Crippen LogP contribution < -0.4 is 29.6 Å². The Morgan fingerprint density at radius 1 is 0.763 bits per heavy atom. The van der Waals surface area contributed by atoms with Crippen molar-refractivity contribution in [2.24, 2.45) is 0 Å². The summed E-state index contributed by atoms with van der Waals surface area (Å²) in [5.41, 5.74) is 2.03. The van der Waals surface area contributed by atoms with Gasteiger partial charge >= 0.3 is 29.6 Å². The molecule has 2 fully saturated rings. The molecule has 0 atom stereocenters. The Morgan fingerprint density at radius 3 is 1.63 bits per heavy atom. The molecular weight excluding hydrogens is 523 g/mol. The van der Waals surface area contributed by atoms with E-state index in [1.165, 1.54) is 12.5 Å². The molecule has 2 aromatic rings. The molecule has 0 saturated carbocycles. The monoisotopic (exact) mass is 560 g/mol. The van der Waals surface area contributed by atoms with Gasteiger partial charge in [-0.3, -0.25) is 0 Å². The fourth-order valence-corrected chi connectivity index (χ4v) is 3.24. The van der Waals surface area contributed by atoms with Crippen LogP contribution in [0.4, 0.5) is 0 Å². The summed E-state index contributed by atoms with van der Waals surface area (Å²) in [7, 11) is 0. The molecule has 206 valence electrons. The molecular formula is C28H38ClNaO8. The van der Waals surface area contributed by atoms with Gasteiger partial charge in [-0.2, -0.15) is 0 Å². The summed E-state index contributed by atoms with van der Waals surface area (Å²) >= 11 is 5.21. The number of alkyl halides is 1. The molecule has 2 aliphatic rings. The molecule has 38 heavy (non-hydrogen) atoms. The average Bonchev–Trinajstić information content (AvgIpc) is 2.97. The molecule has 8 nitrogen and oxygen atoms in total. The molecule has 0 radical (unpaired) electrons. The molecule has 0 bridgehead atoms. The second-order valence-electron chi connectivity index (χ2n) is 7.73. The first kappa shape index (κ1) is 34.6. The van der Waals surface area contributed by atoms with Gasteiger partial charge < -0.3 is 39.7 Å². The van der Waals surface area contributed by atoms with Crippen molar-refractivity contribution < 1.29 is 69.2 Å². The Hall–Kier alpha value is -1.43. The van der Waals surface area contributed by atoms with Crippen molar-refractivity contribution in [2.75, 3.05) is 52.1 Å². The van der Waals surface area contributed by atoms with E-state index in [-0.39, 0.29) is 49.7 Å². The van der Waals surface area contributed by atoms with Crippen LogP contribution >= 0.6 is 11.6 Å². The van der Waals surface area contributed by atoms with E-state index in [4.69, 9.17) is 45.1 Å². The van der Waals surface area contributed by atoms with Gasteiger partial charge in [0, 0.05) is 11.1 Å². The minimum Gasteiger partial charge on any atom is -1.00 e. The zero-order chi connectivity index (χ0) is 26.6. The maximum atomic E-state index is 9.12. The minimum atomic E-state index is -0.486. The smallest absolute Gasteiger partial charge is 1.00 e. The van der Waals surface area contributed by atoms with Crippen molar-refractivity contribution in [1.82, 2.24) is 0 Å². The van der Waals surface area contributed by atoms with E-state index in [9.17, 15) is 0 Å². The van der Waals surface area contributed by atoms with E-state index in [0.29, 0.717) is 52.1 Å². The van der Waals surface area contributed by atoms with Crippen LogP contribution in [0.3, 0.4) is 0 Å². The molecule has 0 aromatic heterocycles. The van der Waals surface area contributed by atoms with E-state index in [0.717, 1.165) is 11.1 Å². The molecule has 2 saturated heterocycles. The number of hydrogen-bond donors (Lipinski definition) is 1. The van der Waals surface area contributed by atoms with Crippen molar-refractivity contribution in [3.05, 3.63) is 97.5 Å². The van der Waals surface area contributed by atoms with Gasteiger partial charge in [0.25, 0.3) is 0 Å². The molecule has 0 amide bonds. The van der Waals surface area contributed by atoms with Crippen LogP contribution in [0.25, 0.3) is 0 Å². The van der Waals surface area contributed by atoms with Gasteiger partial charge in [-0.25, -0.2) is 0 Å². The number of hydrogen-bond acceptors (Lipinski definition) is 8. The Bertz CT molecular complexity index is 836. The fraction of sp³-hybridized carbons (Fsp3) is 0.429. The molecule has 0 spiro atoms. The molecule has 2 heterocycles. The van der Waals surface area contributed by atoms with Crippen LogP contribution in [0.2, 0.25) is 0 Å². The Morgan fingerprint density at radius 2 is 1.21 bits per heavy atom. The third-order valence-electron chi connectivity index (χ3n) is 4.88. The Balaban J connectivity index is 0.000000606. The van der Waals surface area contributed by atoms with Crippen LogP contribution in [0.15, 0.2) is 86.3 Å². The predicted octanol–water partition coefficient (Wildman–Crippen LogP) is 1.87. The molecule has 0 unspecified atom stereocenters. The number of ether oxygens (including phenoxy) is 7. The van der Waals surface area contributed by atoms with Crippen LogP contribution in [0, 0.1) is 0 Å². The average molecular weight is 561 g/mol. The molecule has 0 aliphatic carbocycles.